The van der Waals surface area contributed by atoms with Gasteiger partial charge in [0, 0.05) is 23.2 Å². The number of fused-ring (bicyclic) bond motifs is 1. The molecule has 0 aliphatic carbocycles. The zero-order valence-corrected chi connectivity index (χ0v) is 10.4. The van der Waals surface area contributed by atoms with Crippen molar-refractivity contribution in [1.82, 2.24) is 4.57 Å². The Morgan fingerprint density at radius 1 is 1.31 bits per heavy atom. The lowest BCUT2D eigenvalue weighted by atomic mass is 9.96. The topological polar surface area (TPSA) is 25.2 Å². The molecule has 0 bridgehead atoms. The monoisotopic (exact) mass is 217 g/mol. The Morgan fingerprint density at radius 2 is 2.00 bits per heavy atom. The zero-order valence-electron chi connectivity index (χ0n) is 10.4. The van der Waals surface area contributed by atoms with Gasteiger partial charge in [-0.1, -0.05) is 18.2 Å². The summed E-state index contributed by atoms with van der Waals surface area (Å²) in [6.45, 7) is 8.85. The van der Waals surface area contributed by atoms with Crippen LogP contribution in [0, 0.1) is 6.92 Å². The van der Waals surface area contributed by atoms with Crippen molar-refractivity contribution in [3.8, 4) is 0 Å². The first-order valence-electron chi connectivity index (χ1n) is 5.77. The van der Waals surface area contributed by atoms with Crippen LogP contribution in [-0.4, -0.2) is 9.67 Å². The van der Waals surface area contributed by atoms with E-state index in [4.69, 9.17) is 0 Å². The van der Waals surface area contributed by atoms with Crippen LogP contribution in [0.2, 0.25) is 0 Å². The number of benzene rings is 1. The van der Waals surface area contributed by atoms with Gasteiger partial charge >= 0.3 is 0 Å². The molecular weight excluding hydrogens is 198 g/mol. The highest BCUT2D eigenvalue weighted by Gasteiger charge is 2.21. The molecule has 0 radical (unpaired) electrons. The quantitative estimate of drug-likeness (QED) is 0.821. The Kier molecular flexibility index (Phi) is 2.55. The van der Waals surface area contributed by atoms with Gasteiger partial charge in [0.1, 0.15) is 0 Å². The summed E-state index contributed by atoms with van der Waals surface area (Å²) >= 11 is 0. The molecule has 0 saturated heterocycles. The second-order valence-electron chi connectivity index (χ2n) is 4.83. The van der Waals surface area contributed by atoms with Crippen molar-refractivity contribution in [2.75, 3.05) is 0 Å². The van der Waals surface area contributed by atoms with Gasteiger partial charge in [0.25, 0.3) is 0 Å². The molecule has 0 aliphatic heterocycles. The number of aliphatic hydroxyl groups is 1. The molecule has 1 N–H and O–H groups in total. The summed E-state index contributed by atoms with van der Waals surface area (Å²) in [6.07, 6.45) is 0. The third kappa shape index (κ3) is 1.63. The number of aryl methyl sites for hydroxylation is 2. The summed E-state index contributed by atoms with van der Waals surface area (Å²) in [7, 11) is 0. The maximum atomic E-state index is 10.2. The van der Waals surface area contributed by atoms with Crippen molar-refractivity contribution in [3.63, 3.8) is 0 Å². The molecule has 2 heteroatoms. The average Bonchev–Trinajstić information content (AvgIpc) is 2.51. The Hall–Kier alpha value is -1.28. The van der Waals surface area contributed by atoms with Gasteiger partial charge in [0.15, 0.2) is 0 Å². The van der Waals surface area contributed by atoms with Crippen molar-refractivity contribution in [2.45, 2.75) is 39.8 Å². The van der Waals surface area contributed by atoms with E-state index in [0.29, 0.717) is 0 Å². The summed E-state index contributed by atoms with van der Waals surface area (Å²) in [5.74, 6) is 0. The maximum absolute atomic E-state index is 10.2. The van der Waals surface area contributed by atoms with Gasteiger partial charge in [-0.2, -0.15) is 0 Å². The lowest BCUT2D eigenvalue weighted by Gasteiger charge is -2.20. The van der Waals surface area contributed by atoms with Crippen LogP contribution in [-0.2, 0) is 12.1 Å². The van der Waals surface area contributed by atoms with Gasteiger partial charge < -0.3 is 9.67 Å². The number of nitrogens with zero attached hydrogens (tertiary/aromatic N) is 1. The molecule has 2 rings (SSSR count). The largest absolute Gasteiger partial charge is 0.386 e. The molecule has 16 heavy (non-hydrogen) atoms. The van der Waals surface area contributed by atoms with E-state index in [1.807, 2.05) is 26.0 Å². The number of para-hydroxylation sites is 1. The van der Waals surface area contributed by atoms with E-state index >= 15 is 0 Å². The van der Waals surface area contributed by atoms with Gasteiger partial charge in [-0.3, -0.25) is 0 Å². The molecule has 86 valence electrons. The molecule has 0 amide bonds. The standard InChI is InChI=1S/C14H19NO/c1-5-15-10(2)9-11-7-6-8-12(13(11)15)14(3,4)16/h6-9,16H,5H2,1-4H3. The predicted octanol–water partition coefficient (Wildman–Crippen LogP) is 3.20. The molecule has 1 heterocycles. The molecule has 1 aromatic heterocycles. The van der Waals surface area contributed by atoms with E-state index in [1.165, 1.54) is 11.1 Å². The van der Waals surface area contributed by atoms with E-state index in [2.05, 4.69) is 30.5 Å². The van der Waals surface area contributed by atoms with Crippen molar-refractivity contribution >= 4 is 10.9 Å². The molecule has 0 fully saturated rings. The molecule has 0 atom stereocenters. The van der Waals surface area contributed by atoms with E-state index < -0.39 is 5.60 Å². The SMILES string of the molecule is CCn1c(C)cc2cccc(C(C)(C)O)c21. The highest BCUT2D eigenvalue weighted by molar-refractivity contribution is 5.85. The fourth-order valence-corrected chi connectivity index (χ4v) is 2.36. The molecule has 0 saturated carbocycles. The summed E-state index contributed by atoms with van der Waals surface area (Å²) in [5.41, 5.74) is 2.61. The van der Waals surface area contributed by atoms with Crippen LogP contribution >= 0.6 is 0 Å². The Morgan fingerprint density at radius 3 is 2.56 bits per heavy atom. The van der Waals surface area contributed by atoms with Crippen molar-refractivity contribution in [3.05, 3.63) is 35.5 Å². The van der Waals surface area contributed by atoms with Gasteiger partial charge in [-0.15, -0.1) is 0 Å². The molecule has 2 nitrogen and oxygen atoms in total. The van der Waals surface area contributed by atoms with E-state index in [-0.39, 0.29) is 0 Å². The first-order chi connectivity index (χ1) is 7.45. The van der Waals surface area contributed by atoms with E-state index in [1.54, 1.807) is 0 Å². The Labute approximate surface area is 96.5 Å². The molecular formula is C14H19NO. The van der Waals surface area contributed by atoms with Gasteiger partial charge in [-0.05, 0) is 33.8 Å². The smallest absolute Gasteiger partial charge is 0.0860 e. The second kappa shape index (κ2) is 3.63. The lowest BCUT2D eigenvalue weighted by molar-refractivity contribution is 0.0798. The van der Waals surface area contributed by atoms with Crippen molar-refractivity contribution in [2.24, 2.45) is 0 Å². The Bertz CT molecular complexity index is 517. The van der Waals surface area contributed by atoms with Crippen LogP contribution in [0.1, 0.15) is 32.0 Å². The van der Waals surface area contributed by atoms with Gasteiger partial charge in [0.05, 0.1) is 11.1 Å². The first kappa shape index (κ1) is 11.2. The third-order valence-electron chi connectivity index (χ3n) is 3.10. The van der Waals surface area contributed by atoms with E-state index in [0.717, 1.165) is 17.6 Å². The minimum atomic E-state index is -0.794. The van der Waals surface area contributed by atoms with Crippen molar-refractivity contribution < 1.29 is 5.11 Å². The third-order valence-corrected chi connectivity index (χ3v) is 3.10. The van der Waals surface area contributed by atoms with Crippen LogP contribution in [0.25, 0.3) is 10.9 Å². The summed E-state index contributed by atoms with van der Waals surface area (Å²) in [5, 5.41) is 11.4. The number of hydrogen-bond donors (Lipinski definition) is 1. The molecule has 0 aliphatic rings. The van der Waals surface area contributed by atoms with Crippen LogP contribution in [0.4, 0.5) is 0 Å². The van der Waals surface area contributed by atoms with E-state index in [9.17, 15) is 5.11 Å². The van der Waals surface area contributed by atoms with Crippen LogP contribution in [0.15, 0.2) is 24.3 Å². The number of aromatic nitrogens is 1. The summed E-state index contributed by atoms with van der Waals surface area (Å²) in [6, 6.07) is 8.29. The summed E-state index contributed by atoms with van der Waals surface area (Å²) < 4.78 is 2.25. The fourth-order valence-electron chi connectivity index (χ4n) is 2.36. The molecule has 1 aromatic carbocycles. The Balaban J connectivity index is 2.85. The second-order valence-corrected chi connectivity index (χ2v) is 4.83. The predicted molar refractivity (Wildman–Crippen MR) is 67.6 cm³/mol. The average molecular weight is 217 g/mol. The van der Waals surface area contributed by atoms with Gasteiger partial charge in [0.2, 0.25) is 0 Å². The maximum Gasteiger partial charge on any atom is 0.0860 e. The van der Waals surface area contributed by atoms with Crippen LogP contribution < -0.4 is 0 Å². The highest BCUT2D eigenvalue weighted by atomic mass is 16.3. The summed E-state index contributed by atoms with van der Waals surface area (Å²) in [4.78, 5) is 0. The molecule has 0 spiro atoms. The molecule has 0 unspecified atom stereocenters. The fraction of sp³-hybridized carbons (Fsp3) is 0.429. The normalized spacial score (nSPS) is 12.3. The minimum absolute atomic E-state index is 0.794. The van der Waals surface area contributed by atoms with Crippen molar-refractivity contribution in [1.29, 1.82) is 0 Å². The minimum Gasteiger partial charge on any atom is -0.386 e. The van der Waals surface area contributed by atoms with Crippen LogP contribution in [0.3, 0.4) is 0 Å². The van der Waals surface area contributed by atoms with Gasteiger partial charge in [-0.25, -0.2) is 0 Å². The lowest BCUT2D eigenvalue weighted by Crippen LogP contribution is -2.17. The molecule has 2 aromatic rings. The zero-order chi connectivity index (χ0) is 11.9. The number of hydrogen-bond acceptors (Lipinski definition) is 1. The highest BCUT2D eigenvalue weighted by Crippen LogP contribution is 2.30. The number of rotatable bonds is 2. The first-order valence-corrected chi connectivity index (χ1v) is 5.77. The van der Waals surface area contributed by atoms with Crippen LogP contribution in [0.5, 0.6) is 0 Å².